The number of carbonyl (C=O) groups is 2. The number of carbonyl (C=O) groups excluding carboxylic acids is 2. The molecule has 33 heavy (non-hydrogen) atoms. The summed E-state index contributed by atoms with van der Waals surface area (Å²) in [6, 6.07) is 25.8. The van der Waals surface area contributed by atoms with E-state index < -0.39 is 0 Å². The van der Waals surface area contributed by atoms with Crippen LogP contribution in [-0.4, -0.2) is 25.5 Å². The summed E-state index contributed by atoms with van der Waals surface area (Å²) in [5.41, 5.74) is 2.62. The van der Waals surface area contributed by atoms with Gasteiger partial charge in [0.1, 0.15) is 11.5 Å². The van der Waals surface area contributed by atoms with Crippen molar-refractivity contribution < 1.29 is 19.1 Å². The molecule has 6 heteroatoms. The molecule has 0 heterocycles. The fourth-order valence-electron chi connectivity index (χ4n) is 3.46. The van der Waals surface area contributed by atoms with E-state index in [1.54, 1.807) is 43.5 Å². The van der Waals surface area contributed by atoms with Gasteiger partial charge in [0.05, 0.1) is 12.7 Å². The van der Waals surface area contributed by atoms with Crippen LogP contribution in [0.3, 0.4) is 0 Å². The second kappa shape index (κ2) is 9.87. The zero-order chi connectivity index (χ0) is 23.2. The van der Waals surface area contributed by atoms with Crippen molar-refractivity contribution in [2.24, 2.45) is 0 Å². The first-order chi connectivity index (χ1) is 16.0. The number of ether oxygens (including phenoxy) is 2. The van der Waals surface area contributed by atoms with Crippen molar-refractivity contribution >= 4 is 34.0 Å². The van der Waals surface area contributed by atoms with Gasteiger partial charge in [0.25, 0.3) is 11.8 Å². The second-order valence-electron chi connectivity index (χ2n) is 7.53. The van der Waals surface area contributed by atoms with Crippen LogP contribution in [0.5, 0.6) is 11.5 Å². The van der Waals surface area contributed by atoms with E-state index in [-0.39, 0.29) is 18.4 Å². The SMILES string of the molecule is COc1cccc(NC(=O)COc2cc3ccccc3cc2C(=O)Nc2ccccc2C)c1. The topological polar surface area (TPSA) is 76.7 Å². The summed E-state index contributed by atoms with van der Waals surface area (Å²) < 4.78 is 11.0. The minimum absolute atomic E-state index is 0.250. The number of nitrogens with one attached hydrogen (secondary N) is 2. The summed E-state index contributed by atoms with van der Waals surface area (Å²) in [6.07, 6.45) is 0. The molecule has 0 aromatic heterocycles. The van der Waals surface area contributed by atoms with Crippen molar-refractivity contribution in [1.29, 1.82) is 0 Å². The van der Waals surface area contributed by atoms with Crippen molar-refractivity contribution in [2.45, 2.75) is 6.92 Å². The number of anilines is 2. The van der Waals surface area contributed by atoms with Crippen LogP contribution in [0.2, 0.25) is 0 Å². The van der Waals surface area contributed by atoms with Gasteiger partial charge in [-0.1, -0.05) is 48.5 Å². The Labute approximate surface area is 192 Å². The highest BCUT2D eigenvalue weighted by Gasteiger charge is 2.16. The first kappa shape index (κ1) is 21.9. The number of aryl methyl sites for hydroxylation is 1. The molecule has 0 fully saturated rings. The maximum Gasteiger partial charge on any atom is 0.262 e. The average Bonchev–Trinajstić information content (AvgIpc) is 2.83. The summed E-state index contributed by atoms with van der Waals surface area (Å²) in [6.45, 7) is 1.68. The van der Waals surface area contributed by atoms with Crippen molar-refractivity contribution in [1.82, 2.24) is 0 Å². The summed E-state index contributed by atoms with van der Waals surface area (Å²) in [5, 5.41) is 7.53. The standard InChI is InChI=1S/C27H24N2O4/c1-18-8-3-6-13-24(18)29-27(31)23-14-19-9-4-5-10-20(19)15-25(23)33-17-26(30)28-21-11-7-12-22(16-21)32-2/h3-16H,17H2,1-2H3,(H,28,30)(H,29,31). The molecule has 6 nitrogen and oxygen atoms in total. The molecule has 0 atom stereocenters. The molecule has 2 N–H and O–H groups in total. The number of hydrogen-bond acceptors (Lipinski definition) is 4. The van der Waals surface area contributed by atoms with Gasteiger partial charge in [0.15, 0.2) is 6.61 Å². The molecule has 166 valence electrons. The molecule has 0 radical (unpaired) electrons. The zero-order valence-electron chi connectivity index (χ0n) is 18.4. The molecule has 0 saturated heterocycles. The van der Waals surface area contributed by atoms with Gasteiger partial charge in [-0.2, -0.15) is 0 Å². The maximum atomic E-state index is 13.1. The van der Waals surface area contributed by atoms with Crippen molar-refractivity contribution in [3.8, 4) is 11.5 Å². The van der Waals surface area contributed by atoms with Gasteiger partial charge in [-0.3, -0.25) is 9.59 Å². The number of amides is 2. The van der Waals surface area contributed by atoms with E-state index in [1.165, 1.54) is 0 Å². The molecule has 4 aromatic rings. The highest BCUT2D eigenvalue weighted by molar-refractivity contribution is 6.09. The fourth-order valence-corrected chi connectivity index (χ4v) is 3.46. The Morgan fingerprint density at radius 3 is 2.30 bits per heavy atom. The predicted molar refractivity (Wildman–Crippen MR) is 130 cm³/mol. The van der Waals surface area contributed by atoms with Crippen molar-refractivity contribution in [2.75, 3.05) is 24.4 Å². The molecule has 0 aliphatic carbocycles. The highest BCUT2D eigenvalue weighted by Crippen LogP contribution is 2.28. The van der Waals surface area contributed by atoms with E-state index in [0.717, 1.165) is 22.0 Å². The Morgan fingerprint density at radius 1 is 0.818 bits per heavy atom. The van der Waals surface area contributed by atoms with E-state index in [0.29, 0.717) is 22.7 Å². The van der Waals surface area contributed by atoms with Crippen LogP contribution in [0.25, 0.3) is 10.8 Å². The van der Waals surface area contributed by atoms with Gasteiger partial charge in [0, 0.05) is 17.4 Å². The normalized spacial score (nSPS) is 10.5. The summed E-state index contributed by atoms with van der Waals surface area (Å²) in [4.78, 5) is 25.6. The van der Waals surface area contributed by atoms with Crippen molar-refractivity contribution in [3.63, 3.8) is 0 Å². The number of methoxy groups -OCH3 is 1. The number of fused-ring (bicyclic) bond motifs is 1. The van der Waals surface area contributed by atoms with Gasteiger partial charge in [-0.25, -0.2) is 0 Å². The minimum Gasteiger partial charge on any atom is -0.497 e. The third-order valence-electron chi connectivity index (χ3n) is 5.20. The third-order valence-corrected chi connectivity index (χ3v) is 5.20. The van der Waals surface area contributed by atoms with Crippen LogP contribution in [-0.2, 0) is 4.79 Å². The summed E-state index contributed by atoms with van der Waals surface area (Å²) >= 11 is 0. The molecule has 4 aromatic carbocycles. The van der Waals surface area contributed by atoms with E-state index in [1.807, 2.05) is 55.5 Å². The fraction of sp³-hybridized carbons (Fsp3) is 0.111. The molecule has 4 rings (SSSR count). The molecular formula is C27H24N2O4. The molecule has 0 bridgehead atoms. The highest BCUT2D eigenvalue weighted by atomic mass is 16.5. The molecule has 0 aliphatic heterocycles. The van der Waals surface area contributed by atoms with Gasteiger partial charge in [0.2, 0.25) is 0 Å². The second-order valence-corrected chi connectivity index (χ2v) is 7.53. The van der Waals surface area contributed by atoms with E-state index >= 15 is 0 Å². The molecule has 0 spiro atoms. The Balaban J connectivity index is 1.56. The molecular weight excluding hydrogens is 416 g/mol. The quantitative estimate of drug-likeness (QED) is 0.402. The van der Waals surface area contributed by atoms with Crippen LogP contribution >= 0.6 is 0 Å². The van der Waals surface area contributed by atoms with Crippen LogP contribution in [0, 0.1) is 6.92 Å². The number of benzene rings is 4. The zero-order valence-corrected chi connectivity index (χ0v) is 18.4. The number of rotatable bonds is 7. The van der Waals surface area contributed by atoms with Crippen LogP contribution in [0.15, 0.2) is 84.9 Å². The Morgan fingerprint density at radius 2 is 1.55 bits per heavy atom. The Hall–Kier alpha value is -4.32. The minimum atomic E-state index is -0.346. The van der Waals surface area contributed by atoms with Gasteiger partial charge in [-0.15, -0.1) is 0 Å². The third kappa shape index (κ3) is 5.30. The van der Waals surface area contributed by atoms with E-state index in [2.05, 4.69) is 10.6 Å². The van der Waals surface area contributed by atoms with Crippen molar-refractivity contribution in [3.05, 3.63) is 96.1 Å². The maximum absolute atomic E-state index is 13.1. The van der Waals surface area contributed by atoms with Crippen LogP contribution in [0.1, 0.15) is 15.9 Å². The molecule has 0 unspecified atom stereocenters. The lowest BCUT2D eigenvalue weighted by molar-refractivity contribution is -0.118. The Kier molecular flexibility index (Phi) is 6.55. The monoisotopic (exact) mass is 440 g/mol. The number of hydrogen-bond donors (Lipinski definition) is 2. The summed E-state index contributed by atoms with van der Waals surface area (Å²) in [5.74, 6) is 0.318. The predicted octanol–water partition coefficient (Wildman–Crippen LogP) is 5.43. The lowest BCUT2D eigenvalue weighted by atomic mass is 10.0. The Bertz CT molecular complexity index is 1320. The lowest BCUT2D eigenvalue weighted by Crippen LogP contribution is -2.21. The van der Waals surface area contributed by atoms with E-state index in [4.69, 9.17) is 9.47 Å². The molecule has 0 saturated carbocycles. The van der Waals surface area contributed by atoms with Crippen LogP contribution < -0.4 is 20.1 Å². The first-order valence-electron chi connectivity index (χ1n) is 10.5. The first-order valence-corrected chi connectivity index (χ1v) is 10.5. The lowest BCUT2D eigenvalue weighted by Gasteiger charge is -2.14. The largest absolute Gasteiger partial charge is 0.497 e. The molecule has 2 amide bonds. The van der Waals surface area contributed by atoms with E-state index in [9.17, 15) is 9.59 Å². The molecule has 0 aliphatic rings. The average molecular weight is 440 g/mol. The van der Waals surface area contributed by atoms with Crippen LogP contribution in [0.4, 0.5) is 11.4 Å². The summed E-state index contributed by atoms with van der Waals surface area (Å²) in [7, 11) is 1.56. The van der Waals surface area contributed by atoms with Gasteiger partial charge >= 0.3 is 0 Å². The smallest absolute Gasteiger partial charge is 0.262 e. The van der Waals surface area contributed by atoms with Gasteiger partial charge in [-0.05, 0) is 53.6 Å². The number of para-hydroxylation sites is 1. The van der Waals surface area contributed by atoms with Gasteiger partial charge < -0.3 is 20.1 Å².